The third-order valence-electron chi connectivity index (χ3n) is 4.80. The van der Waals surface area contributed by atoms with Gasteiger partial charge in [0.05, 0.1) is 20.4 Å². The molecule has 11 heteroatoms. The summed E-state index contributed by atoms with van der Waals surface area (Å²) < 4.78 is 15.9. The van der Waals surface area contributed by atoms with Crippen molar-refractivity contribution in [2.45, 2.75) is 6.92 Å². The molecule has 37 heavy (non-hydrogen) atoms. The van der Waals surface area contributed by atoms with E-state index in [9.17, 15) is 4.79 Å². The summed E-state index contributed by atoms with van der Waals surface area (Å²) in [6.07, 6.45) is 1.53. The highest BCUT2D eigenvalue weighted by Gasteiger charge is 2.15. The molecular weight excluding hydrogens is 474 g/mol. The minimum Gasteiger partial charge on any atom is -0.493 e. The normalized spacial score (nSPS) is 10.6. The van der Waals surface area contributed by atoms with Crippen molar-refractivity contribution in [2.75, 3.05) is 30.3 Å². The van der Waals surface area contributed by atoms with Crippen LogP contribution in [0.3, 0.4) is 0 Å². The molecular formula is C26H25N7O4. The maximum absolute atomic E-state index is 11.5. The molecule has 3 aromatic carbocycles. The van der Waals surface area contributed by atoms with Crippen molar-refractivity contribution < 1.29 is 19.0 Å². The zero-order chi connectivity index (χ0) is 26.0. The predicted octanol–water partition coefficient (Wildman–Crippen LogP) is 4.75. The minimum absolute atomic E-state index is 0.188. The molecule has 0 bridgehead atoms. The van der Waals surface area contributed by atoms with Gasteiger partial charge in [-0.3, -0.25) is 4.79 Å². The van der Waals surface area contributed by atoms with Gasteiger partial charge in [0, 0.05) is 23.9 Å². The van der Waals surface area contributed by atoms with Gasteiger partial charge in [-0.1, -0.05) is 36.4 Å². The number of hydrogen-bond acceptors (Lipinski definition) is 11. The Bertz CT molecular complexity index is 1300. The fourth-order valence-electron chi connectivity index (χ4n) is 3.22. The molecule has 0 aliphatic carbocycles. The summed E-state index contributed by atoms with van der Waals surface area (Å²) in [5, 5.41) is 10.6. The first-order valence-corrected chi connectivity index (χ1v) is 11.2. The molecule has 4 rings (SSSR count). The number of carbonyl (C=O) groups excluding carboxylic acids is 1. The quantitative estimate of drug-likeness (QED) is 0.122. The number of para-hydroxylation sites is 2. The van der Waals surface area contributed by atoms with Crippen LogP contribution in [-0.2, 0) is 4.79 Å². The van der Waals surface area contributed by atoms with Crippen LogP contribution in [0.15, 0.2) is 77.9 Å². The van der Waals surface area contributed by atoms with E-state index >= 15 is 0 Å². The van der Waals surface area contributed by atoms with Crippen LogP contribution in [0, 0.1) is 0 Å². The van der Waals surface area contributed by atoms with E-state index in [0.717, 1.165) is 11.4 Å². The SMILES string of the molecule is COc1cc(/C=N/Nc2nc(Nc3ccccc3)nc(Nc3ccccc3)n2)cc(OC)c1OC(C)=O. The number of aromatic nitrogens is 3. The molecule has 11 nitrogen and oxygen atoms in total. The van der Waals surface area contributed by atoms with Crippen LogP contribution in [0.2, 0.25) is 0 Å². The zero-order valence-corrected chi connectivity index (χ0v) is 20.4. The number of nitrogens with zero attached hydrogens (tertiary/aromatic N) is 4. The number of nitrogens with one attached hydrogen (secondary N) is 3. The molecule has 1 heterocycles. The number of anilines is 5. The molecule has 0 amide bonds. The lowest BCUT2D eigenvalue weighted by Crippen LogP contribution is -2.07. The molecule has 0 saturated heterocycles. The van der Waals surface area contributed by atoms with Crippen molar-refractivity contribution in [3.8, 4) is 17.2 Å². The van der Waals surface area contributed by atoms with Crippen LogP contribution in [0.5, 0.6) is 17.2 Å². The van der Waals surface area contributed by atoms with Crippen molar-refractivity contribution in [1.29, 1.82) is 0 Å². The number of esters is 1. The summed E-state index contributed by atoms with van der Waals surface area (Å²) in [7, 11) is 2.93. The molecule has 0 saturated carbocycles. The zero-order valence-electron chi connectivity index (χ0n) is 20.4. The molecule has 0 aliphatic heterocycles. The summed E-state index contributed by atoms with van der Waals surface area (Å²) in [5.41, 5.74) is 5.09. The Morgan fingerprint density at radius 3 is 1.73 bits per heavy atom. The molecule has 0 aliphatic rings. The summed E-state index contributed by atoms with van der Waals surface area (Å²) in [6, 6.07) is 22.4. The number of hydrazone groups is 1. The third-order valence-corrected chi connectivity index (χ3v) is 4.80. The van der Waals surface area contributed by atoms with E-state index in [1.54, 1.807) is 12.1 Å². The molecule has 188 valence electrons. The van der Waals surface area contributed by atoms with Crippen LogP contribution < -0.4 is 30.3 Å². The van der Waals surface area contributed by atoms with Gasteiger partial charge in [-0.25, -0.2) is 5.43 Å². The third kappa shape index (κ3) is 6.92. The Morgan fingerprint density at radius 2 is 1.27 bits per heavy atom. The Labute approximate surface area is 213 Å². The predicted molar refractivity (Wildman–Crippen MR) is 141 cm³/mol. The average molecular weight is 500 g/mol. The summed E-state index contributed by atoms with van der Waals surface area (Å²) >= 11 is 0. The Kier molecular flexibility index (Phi) is 8.07. The van der Waals surface area contributed by atoms with Gasteiger partial charge in [0.1, 0.15) is 0 Å². The van der Waals surface area contributed by atoms with Crippen LogP contribution in [-0.4, -0.2) is 41.4 Å². The van der Waals surface area contributed by atoms with Crippen molar-refractivity contribution in [3.63, 3.8) is 0 Å². The lowest BCUT2D eigenvalue weighted by molar-refractivity contribution is -0.132. The van der Waals surface area contributed by atoms with Gasteiger partial charge >= 0.3 is 5.97 Å². The summed E-state index contributed by atoms with van der Waals surface area (Å²) in [5.74, 6) is 1.19. The molecule has 0 atom stereocenters. The summed E-state index contributed by atoms with van der Waals surface area (Å²) in [4.78, 5) is 24.7. The molecule has 3 N–H and O–H groups in total. The highest BCUT2D eigenvalue weighted by atomic mass is 16.6. The highest BCUT2D eigenvalue weighted by molar-refractivity contribution is 5.83. The van der Waals surface area contributed by atoms with Gasteiger partial charge in [-0.05, 0) is 36.4 Å². The molecule has 0 unspecified atom stereocenters. The largest absolute Gasteiger partial charge is 0.493 e. The number of ether oxygens (including phenoxy) is 3. The fraction of sp³-hybridized carbons (Fsp3) is 0.115. The van der Waals surface area contributed by atoms with Crippen molar-refractivity contribution in [2.24, 2.45) is 5.10 Å². The van der Waals surface area contributed by atoms with E-state index in [0.29, 0.717) is 29.0 Å². The van der Waals surface area contributed by atoms with E-state index in [1.165, 1.54) is 27.4 Å². The second kappa shape index (κ2) is 12.0. The first-order valence-electron chi connectivity index (χ1n) is 11.2. The van der Waals surface area contributed by atoms with E-state index in [4.69, 9.17) is 14.2 Å². The van der Waals surface area contributed by atoms with Crippen LogP contribution in [0.4, 0.5) is 29.2 Å². The second-order valence-electron chi connectivity index (χ2n) is 7.51. The van der Waals surface area contributed by atoms with Gasteiger partial charge in [-0.15, -0.1) is 0 Å². The van der Waals surface area contributed by atoms with Gasteiger partial charge in [0.25, 0.3) is 0 Å². The molecule has 1 aromatic heterocycles. The number of carbonyl (C=O) groups is 1. The first-order chi connectivity index (χ1) is 18.0. The van der Waals surface area contributed by atoms with Gasteiger partial charge < -0.3 is 24.8 Å². The van der Waals surface area contributed by atoms with Crippen LogP contribution in [0.1, 0.15) is 12.5 Å². The van der Waals surface area contributed by atoms with Gasteiger partial charge in [0.15, 0.2) is 11.5 Å². The maximum Gasteiger partial charge on any atom is 0.308 e. The van der Waals surface area contributed by atoms with Gasteiger partial charge in [0.2, 0.25) is 23.6 Å². The lowest BCUT2D eigenvalue weighted by Gasteiger charge is -2.13. The molecule has 4 aromatic rings. The Hall–Kier alpha value is -5.19. The Balaban J connectivity index is 1.59. The van der Waals surface area contributed by atoms with E-state index in [2.05, 4.69) is 36.1 Å². The van der Waals surface area contributed by atoms with Crippen molar-refractivity contribution in [3.05, 3.63) is 78.4 Å². The lowest BCUT2D eigenvalue weighted by atomic mass is 10.2. The van der Waals surface area contributed by atoms with Gasteiger partial charge in [-0.2, -0.15) is 20.1 Å². The van der Waals surface area contributed by atoms with Crippen LogP contribution >= 0.6 is 0 Å². The number of methoxy groups -OCH3 is 2. The highest BCUT2D eigenvalue weighted by Crippen LogP contribution is 2.38. The topological polar surface area (TPSA) is 132 Å². The van der Waals surface area contributed by atoms with Crippen molar-refractivity contribution >= 4 is 41.4 Å². The number of hydrogen-bond donors (Lipinski definition) is 3. The van der Waals surface area contributed by atoms with Crippen LogP contribution in [0.25, 0.3) is 0 Å². The average Bonchev–Trinajstić information content (AvgIpc) is 2.90. The van der Waals surface area contributed by atoms with E-state index < -0.39 is 5.97 Å². The van der Waals surface area contributed by atoms with E-state index in [1.807, 2.05) is 60.7 Å². The molecule has 0 radical (unpaired) electrons. The number of benzene rings is 3. The molecule has 0 fully saturated rings. The summed E-state index contributed by atoms with van der Waals surface area (Å²) in [6.45, 7) is 1.30. The fourth-order valence-corrected chi connectivity index (χ4v) is 3.22. The molecule has 0 spiro atoms. The standard InChI is InChI=1S/C26H25N7O4/c1-17(34)37-23-21(35-2)14-18(15-22(23)36-3)16-27-33-26-31-24(28-19-10-6-4-7-11-19)30-25(32-26)29-20-12-8-5-9-13-20/h4-16H,1-3H3,(H3,28,29,30,31,32,33)/b27-16+. The number of rotatable bonds is 10. The van der Waals surface area contributed by atoms with E-state index in [-0.39, 0.29) is 11.7 Å². The first kappa shape index (κ1) is 24.9. The second-order valence-corrected chi connectivity index (χ2v) is 7.51. The Morgan fingerprint density at radius 1 is 0.784 bits per heavy atom. The monoisotopic (exact) mass is 499 g/mol. The minimum atomic E-state index is -0.491. The smallest absolute Gasteiger partial charge is 0.308 e. The maximum atomic E-state index is 11.5. The van der Waals surface area contributed by atoms with Crippen molar-refractivity contribution in [1.82, 2.24) is 15.0 Å².